The minimum atomic E-state index is -0.959. The van der Waals surface area contributed by atoms with E-state index in [9.17, 15) is 9.59 Å². The molecule has 1 aliphatic heterocycles. The molecule has 0 spiro atoms. The number of carboxylic acids is 1. The van der Waals surface area contributed by atoms with Crippen molar-refractivity contribution >= 4 is 17.6 Å². The van der Waals surface area contributed by atoms with E-state index in [4.69, 9.17) is 14.6 Å². The summed E-state index contributed by atoms with van der Waals surface area (Å²) in [6, 6.07) is 5.07. The van der Waals surface area contributed by atoms with E-state index in [-0.39, 0.29) is 31.8 Å². The van der Waals surface area contributed by atoms with Crippen molar-refractivity contribution in [2.45, 2.75) is 19.9 Å². The molecule has 1 heterocycles. The Hall–Kier alpha value is -2.28. The van der Waals surface area contributed by atoms with E-state index >= 15 is 0 Å². The van der Waals surface area contributed by atoms with Gasteiger partial charge >= 0.3 is 5.97 Å². The van der Waals surface area contributed by atoms with Crippen molar-refractivity contribution < 1.29 is 24.2 Å². The molecule has 0 saturated carbocycles. The summed E-state index contributed by atoms with van der Waals surface area (Å²) in [5, 5.41) is 11.6. The molecular formula is C14H18N2O5. The van der Waals surface area contributed by atoms with Gasteiger partial charge in [0.05, 0.1) is 13.1 Å². The van der Waals surface area contributed by atoms with Crippen LogP contribution in [-0.2, 0) is 9.59 Å². The van der Waals surface area contributed by atoms with Crippen LogP contribution in [0.5, 0.6) is 11.5 Å². The Morgan fingerprint density at radius 3 is 2.67 bits per heavy atom. The Morgan fingerprint density at radius 1 is 1.29 bits per heavy atom. The zero-order valence-electron chi connectivity index (χ0n) is 12.0. The van der Waals surface area contributed by atoms with Gasteiger partial charge < -0.3 is 19.9 Å². The van der Waals surface area contributed by atoms with E-state index < -0.39 is 5.97 Å². The largest absolute Gasteiger partial charge is 0.480 e. The van der Waals surface area contributed by atoms with Gasteiger partial charge in [-0.1, -0.05) is 0 Å². The zero-order valence-corrected chi connectivity index (χ0v) is 12.0. The van der Waals surface area contributed by atoms with Crippen molar-refractivity contribution in [1.29, 1.82) is 0 Å². The van der Waals surface area contributed by atoms with Crippen LogP contribution in [0, 0.1) is 0 Å². The number of carbonyl (C=O) groups is 2. The van der Waals surface area contributed by atoms with Gasteiger partial charge in [-0.25, -0.2) is 0 Å². The number of benzene rings is 1. The number of nitrogens with one attached hydrogen (secondary N) is 1. The number of anilines is 1. The topological polar surface area (TPSA) is 88.1 Å². The lowest BCUT2D eigenvalue weighted by molar-refractivity contribution is -0.139. The van der Waals surface area contributed by atoms with E-state index in [2.05, 4.69) is 5.32 Å². The van der Waals surface area contributed by atoms with Gasteiger partial charge in [-0.2, -0.15) is 0 Å². The second-order valence-electron chi connectivity index (χ2n) is 5.01. The van der Waals surface area contributed by atoms with Gasteiger partial charge in [0, 0.05) is 17.8 Å². The van der Waals surface area contributed by atoms with Gasteiger partial charge in [0.15, 0.2) is 11.5 Å². The molecule has 1 amide bonds. The van der Waals surface area contributed by atoms with Crippen LogP contribution < -0.4 is 14.8 Å². The molecule has 0 fully saturated rings. The van der Waals surface area contributed by atoms with Gasteiger partial charge in [-0.05, 0) is 26.0 Å². The van der Waals surface area contributed by atoms with Crippen LogP contribution in [0.2, 0.25) is 0 Å². The highest BCUT2D eigenvalue weighted by atomic mass is 16.7. The molecule has 0 atom stereocenters. The molecule has 21 heavy (non-hydrogen) atoms. The molecule has 0 aliphatic carbocycles. The van der Waals surface area contributed by atoms with Gasteiger partial charge in [0.25, 0.3) is 0 Å². The standard InChI is InChI=1S/C14H18N2O5/c1-9(2)16(7-14(18)19)6-13(17)15-10-3-4-11-12(5-10)21-8-20-11/h3-5,9H,6-8H2,1-2H3,(H,15,17)(H,18,19). The summed E-state index contributed by atoms with van der Waals surface area (Å²) < 4.78 is 10.4. The number of nitrogens with zero attached hydrogens (tertiary/aromatic N) is 1. The molecule has 1 aliphatic rings. The second kappa shape index (κ2) is 6.45. The van der Waals surface area contributed by atoms with E-state index in [0.717, 1.165) is 0 Å². The Labute approximate surface area is 122 Å². The van der Waals surface area contributed by atoms with Crippen LogP contribution in [0.3, 0.4) is 0 Å². The minimum absolute atomic E-state index is 0.0123. The summed E-state index contributed by atoms with van der Waals surface area (Å²) in [4.78, 5) is 24.3. The molecule has 2 rings (SSSR count). The number of carbonyl (C=O) groups excluding carboxylic acids is 1. The summed E-state index contributed by atoms with van der Waals surface area (Å²) in [6.45, 7) is 3.70. The average Bonchev–Trinajstić information content (AvgIpc) is 2.84. The lowest BCUT2D eigenvalue weighted by Crippen LogP contribution is -2.41. The third-order valence-electron chi connectivity index (χ3n) is 3.07. The number of amides is 1. The molecule has 7 nitrogen and oxygen atoms in total. The summed E-state index contributed by atoms with van der Waals surface area (Å²) in [5.41, 5.74) is 0.586. The summed E-state index contributed by atoms with van der Waals surface area (Å²) in [6.07, 6.45) is 0. The van der Waals surface area contributed by atoms with Crippen LogP contribution in [-0.4, -0.2) is 47.8 Å². The monoisotopic (exact) mass is 294 g/mol. The van der Waals surface area contributed by atoms with Crippen molar-refractivity contribution in [1.82, 2.24) is 4.90 Å². The van der Waals surface area contributed by atoms with Gasteiger partial charge in [-0.15, -0.1) is 0 Å². The maximum absolute atomic E-state index is 12.0. The van der Waals surface area contributed by atoms with Crippen molar-refractivity contribution in [2.24, 2.45) is 0 Å². The predicted molar refractivity (Wildman–Crippen MR) is 75.5 cm³/mol. The zero-order chi connectivity index (χ0) is 15.4. The van der Waals surface area contributed by atoms with Gasteiger partial charge in [0.1, 0.15) is 0 Å². The van der Waals surface area contributed by atoms with Gasteiger partial charge in [0.2, 0.25) is 12.7 Å². The fourth-order valence-corrected chi connectivity index (χ4v) is 1.95. The molecule has 0 aromatic heterocycles. The normalized spacial score (nSPS) is 12.8. The SMILES string of the molecule is CC(C)N(CC(=O)O)CC(=O)Nc1ccc2c(c1)OCO2. The highest BCUT2D eigenvalue weighted by molar-refractivity contribution is 5.92. The fraction of sp³-hybridized carbons (Fsp3) is 0.429. The highest BCUT2D eigenvalue weighted by Crippen LogP contribution is 2.34. The first kappa shape index (κ1) is 15.1. The van der Waals surface area contributed by atoms with Crippen LogP contribution in [0.25, 0.3) is 0 Å². The van der Waals surface area contributed by atoms with Gasteiger partial charge in [-0.3, -0.25) is 14.5 Å². The summed E-state index contributed by atoms with van der Waals surface area (Å²) in [5.74, 6) is -0.00914. The van der Waals surface area contributed by atoms with Crippen molar-refractivity contribution in [3.8, 4) is 11.5 Å². The van der Waals surface area contributed by atoms with E-state index in [0.29, 0.717) is 17.2 Å². The lowest BCUT2D eigenvalue weighted by Gasteiger charge is -2.23. The van der Waals surface area contributed by atoms with Crippen LogP contribution in [0.1, 0.15) is 13.8 Å². The van der Waals surface area contributed by atoms with Crippen molar-refractivity contribution in [3.63, 3.8) is 0 Å². The van der Waals surface area contributed by atoms with Crippen molar-refractivity contribution in [3.05, 3.63) is 18.2 Å². The third kappa shape index (κ3) is 4.09. The number of aliphatic carboxylic acids is 1. The molecule has 7 heteroatoms. The first-order valence-corrected chi connectivity index (χ1v) is 6.61. The van der Waals surface area contributed by atoms with Crippen molar-refractivity contribution in [2.75, 3.05) is 25.2 Å². The molecule has 0 bridgehead atoms. The Kier molecular flexibility index (Phi) is 4.64. The minimum Gasteiger partial charge on any atom is -0.480 e. The molecule has 2 N–H and O–H groups in total. The van der Waals surface area contributed by atoms with E-state index in [1.807, 2.05) is 13.8 Å². The number of fused-ring (bicyclic) bond motifs is 1. The first-order valence-electron chi connectivity index (χ1n) is 6.61. The molecule has 0 saturated heterocycles. The predicted octanol–water partition coefficient (Wildman–Crippen LogP) is 1.15. The Balaban J connectivity index is 1.95. The number of hydrogen-bond acceptors (Lipinski definition) is 5. The maximum atomic E-state index is 12.0. The number of rotatable bonds is 6. The second-order valence-corrected chi connectivity index (χ2v) is 5.01. The smallest absolute Gasteiger partial charge is 0.317 e. The fourth-order valence-electron chi connectivity index (χ4n) is 1.95. The molecule has 1 aromatic rings. The highest BCUT2D eigenvalue weighted by Gasteiger charge is 2.18. The van der Waals surface area contributed by atoms with Crippen LogP contribution in [0.4, 0.5) is 5.69 Å². The lowest BCUT2D eigenvalue weighted by atomic mass is 10.2. The van der Waals surface area contributed by atoms with E-state index in [1.165, 1.54) is 0 Å². The van der Waals surface area contributed by atoms with E-state index in [1.54, 1.807) is 23.1 Å². The molecule has 114 valence electrons. The number of ether oxygens (including phenoxy) is 2. The van der Waals surface area contributed by atoms with Crippen LogP contribution in [0.15, 0.2) is 18.2 Å². The first-order chi connectivity index (χ1) is 9.95. The Morgan fingerprint density at radius 2 is 2.00 bits per heavy atom. The third-order valence-corrected chi connectivity index (χ3v) is 3.07. The average molecular weight is 294 g/mol. The summed E-state index contributed by atoms with van der Waals surface area (Å²) >= 11 is 0. The van der Waals surface area contributed by atoms with Crippen LogP contribution >= 0.6 is 0 Å². The number of carboxylic acid groups (broad SMARTS) is 1. The summed E-state index contributed by atoms with van der Waals surface area (Å²) in [7, 11) is 0. The maximum Gasteiger partial charge on any atom is 0.317 e. The molecule has 1 aromatic carbocycles. The molecule has 0 radical (unpaired) electrons. The quantitative estimate of drug-likeness (QED) is 0.818. The number of hydrogen-bond donors (Lipinski definition) is 2. The Bertz CT molecular complexity index is 544. The molecular weight excluding hydrogens is 276 g/mol. The molecule has 0 unspecified atom stereocenters.